The molecule has 0 aliphatic heterocycles. The Morgan fingerprint density at radius 2 is 1.19 bits per heavy atom. The van der Waals surface area contributed by atoms with Gasteiger partial charge in [0.2, 0.25) is 0 Å². The fourth-order valence-electron chi connectivity index (χ4n) is 5.60. The van der Waals surface area contributed by atoms with Gasteiger partial charge >= 0.3 is 0 Å². The van der Waals surface area contributed by atoms with Crippen LogP contribution in [0.2, 0.25) is 5.02 Å². The lowest BCUT2D eigenvalue weighted by molar-refractivity contribution is 0.796. The summed E-state index contributed by atoms with van der Waals surface area (Å²) in [5, 5.41) is 0.790. The van der Waals surface area contributed by atoms with Crippen LogP contribution in [0.5, 0.6) is 0 Å². The Kier molecular flexibility index (Phi) is 3.51. The molecule has 1 spiro atoms. The van der Waals surface area contributed by atoms with Gasteiger partial charge in [-0.2, -0.15) is 0 Å². The summed E-state index contributed by atoms with van der Waals surface area (Å²) in [6.45, 7) is 0. The molecule has 0 unspecified atom stereocenters. The monoisotopic (exact) mass is 432 g/mol. The summed E-state index contributed by atoms with van der Waals surface area (Å²) >= 11 is 8.47. The molecule has 4 aromatic carbocycles. The second-order valence-electron chi connectivity index (χ2n) is 8.25. The van der Waals surface area contributed by atoms with Gasteiger partial charge in [0.15, 0.2) is 0 Å². The minimum atomic E-state index is -0.313. The second-order valence-corrected chi connectivity index (χ2v) is 9.74. The predicted octanol–water partition coefficient (Wildman–Crippen LogP) is 8.41. The third-order valence-corrected chi connectivity index (χ3v) is 8.23. The van der Waals surface area contributed by atoms with Crippen molar-refractivity contribution in [3.63, 3.8) is 0 Å². The van der Waals surface area contributed by atoms with Gasteiger partial charge in [-0.1, -0.05) is 96.5 Å². The molecule has 1 heterocycles. The SMILES string of the molecule is Clc1ccc2c(c1)C1(c3ccccc3-c3ccccc31)c1cc(-c3ccccc3)sc1-2. The zero-order valence-electron chi connectivity index (χ0n) is 16.6. The van der Waals surface area contributed by atoms with Gasteiger partial charge in [-0.25, -0.2) is 0 Å². The van der Waals surface area contributed by atoms with E-state index in [1.54, 1.807) is 0 Å². The number of hydrogen-bond acceptors (Lipinski definition) is 1. The van der Waals surface area contributed by atoms with Crippen LogP contribution in [-0.2, 0) is 5.41 Å². The standard InChI is InChI=1S/C29H17ClS/c30-19-14-15-22-25(16-19)29(26-17-27(31-28(22)26)18-8-2-1-3-9-18)23-12-6-4-10-20(23)21-11-5-7-13-24(21)29/h1-17H. The summed E-state index contributed by atoms with van der Waals surface area (Å²) in [5.41, 5.74) is 10.3. The Morgan fingerprint density at radius 3 is 1.90 bits per heavy atom. The van der Waals surface area contributed by atoms with Crippen LogP contribution in [0.4, 0.5) is 0 Å². The molecular formula is C29H17ClS. The molecule has 7 rings (SSSR count). The van der Waals surface area contributed by atoms with E-state index >= 15 is 0 Å². The zero-order valence-corrected chi connectivity index (χ0v) is 18.2. The molecule has 5 aromatic rings. The van der Waals surface area contributed by atoms with E-state index in [-0.39, 0.29) is 5.41 Å². The third kappa shape index (κ3) is 2.15. The number of thiophene rings is 1. The highest BCUT2D eigenvalue weighted by atomic mass is 35.5. The van der Waals surface area contributed by atoms with Gasteiger partial charge in [0.25, 0.3) is 0 Å². The average molecular weight is 433 g/mol. The molecule has 0 nitrogen and oxygen atoms in total. The van der Waals surface area contributed by atoms with Crippen LogP contribution in [0.1, 0.15) is 22.3 Å². The second kappa shape index (κ2) is 6.20. The third-order valence-electron chi connectivity index (χ3n) is 6.78. The van der Waals surface area contributed by atoms with Crippen molar-refractivity contribution in [3.05, 3.63) is 130 Å². The van der Waals surface area contributed by atoms with Crippen LogP contribution in [0.25, 0.3) is 32.0 Å². The predicted molar refractivity (Wildman–Crippen MR) is 131 cm³/mol. The van der Waals surface area contributed by atoms with Crippen LogP contribution < -0.4 is 0 Å². The maximum Gasteiger partial charge on any atom is 0.0734 e. The molecule has 0 radical (unpaired) electrons. The minimum Gasteiger partial charge on any atom is -0.135 e. The van der Waals surface area contributed by atoms with E-state index in [9.17, 15) is 0 Å². The molecule has 1 aromatic heterocycles. The number of hydrogen-bond donors (Lipinski definition) is 0. The topological polar surface area (TPSA) is 0 Å². The fourth-order valence-corrected chi connectivity index (χ4v) is 7.03. The number of benzene rings is 4. The number of fused-ring (bicyclic) bond motifs is 10. The summed E-state index contributed by atoms with van der Waals surface area (Å²) in [6, 6.07) is 37.3. The van der Waals surface area contributed by atoms with Crippen molar-refractivity contribution >= 4 is 22.9 Å². The van der Waals surface area contributed by atoms with Crippen molar-refractivity contribution in [2.45, 2.75) is 5.41 Å². The molecule has 0 atom stereocenters. The van der Waals surface area contributed by atoms with E-state index in [1.165, 1.54) is 54.3 Å². The minimum absolute atomic E-state index is 0.313. The lowest BCUT2D eigenvalue weighted by Crippen LogP contribution is -2.25. The maximum atomic E-state index is 6.58. The Labute approximate surface area is 190 Å². The first-order valence-electron chi connectivity index (χ1n) is 10.5. The average Bonchev–Trinajstić information content (AvgIpc) is 3.45. The van der Waals surface area contributed by atoms with Gasteiger partial charge in [-0.3, -0.25) is 0 Å². The van der Waals surface area contributed by atoms with Crippen molar-refractivity contribution in [1.29, 1.82) is 0 Å². The van der Waals surface area contributed by atoms with E-state index in [0.717, 1.165) is 5.02 Å². The molecule has 2 heteroatoms. The Morgan fingerprint density at radius 1 is 0.548 bits per heavy atom. The first kappa shape index (κ1) is 17.5. The largest absolute Gasteiger partial charge is 0.135 e. The molecule has 0 saturated heterocycles. The molecule has 0 amide bonds. The first-order chi connectivity index (χ1) is 15.3. The quantitative estimate of drug-likeness (QED) is 0.244. The van der Waals surface area contributed by atoms with Gasteiger partial charge in [0.1, 0.15) is 0 Å². The molecule has 0 fully saturated rings. The molecule has 146 valence electrons. The van der Waals surface area contributed by atoms with Gasteiger partial charge in [0, 0.05) is 14.8 Å². The molecule has 2 aliphatic carbocycles. The van der Waals surface area contributed by atoms with Crippen molar-refractivity contribution < 1.29 is 0 Å². The molecule has 0 N–H and O–H groups in total. The molecule has 0 saturated carbocycles. The molecule has 31 heavy (non-hydrogen) atoms. The normalized spacial score (nSPS) is 14.2. The van der Waals surface area contributed by atoms with E-state index < -0.39 is 0 Å². The van der Waals surface area contributed by atoms with E-state index in [2.05, 4.69) is 97.1 Å². The summed E-state index contributed by atoms with van der Waals surface area (Å²) in [4.78, 5) is 2.67. The first-order valence-corrected chi connectivity index (χ1v) is 11.7. The Hall–Kier alpha value is -3.13. The van der Waals surface area contributed by atoms with Crippen LogP contribution >= 0.6 is 22.9 Å². The smallest absolute Gasteiger partial charge is 0.0734 e. The van der Waals surface area contributed by atoms with Gasteiger partial charge in [0.05, 0.1) is 5.41 Å². The van der Waals surface area contributed by atoms with Crippen LogP contribution in [0, 0.1) is 0 Å². The van der Waals surface area contributed by atoms with Crippen molar-refractivity contribution in [1.82, 2.24) is 0 Å². The number of rotatable bonds is 1. The maximum absolute atomic E-state index is 6.58. The van der Waals surface area contributed by atoms with Crippen molar-refractivity contribution in [2.24, 2.45) is 0 Å². The highest BCUT2D eigenvalue weighted by Gasteiger charge is 2.52. The van der Waals surface area contributed by atoms with E-state index in [0.29, 0.717) is 0 Å². The summed E-state index contributed by atoms with van der Waals surface area (Å²) in [7, 11) is 0. The van der Waals surface area contributed by atoms with Crippen molar-refractivity contribution in [2.75, 3.05) is 0 Å². The van der Waals surface area contributed by atoms with Gasteiger partial charge in [-0.05, 0) is 62.7 Å². The molecular weight excluding hydrogens is 416 g/mol. The van der Waals surface area contributed by atoms with Gasteiger partial charge in [-0.15, -0.1) is 11.3 Å². The summed E-state index contributed by atoms with van der Waals surface area (Å²) < 4.78 is 0. The Balaban J connectivity index is 1.64. The van der Waals surface area contributed by atoms with Crippen LogP contribution in [-0.4, -0.2) is 0 Å². The zero-order chi connectivity index (χ0) is 20.6. The molecule has 0 bridgehead atoms. The summed E-state index contributed by atoms with van der Waals surface area (Å²) in [6.07, 6.45) is 0. The molecule has 2 aliphatic rings. The highest BCUT2D eigenvalue weighted by molar-refractivity contribution is 7.19. The van der Waals surface area contributed by atoms with Crippen LogP contribution in [0.3, 0.4) is 0 Å². The van der Waals surface area contributed by atoms with E-state index in [1.807, 2.05) is 17.4 Å². The van der Waals surface area contributed by atoms with E-state index in [4.69, 9.17) is 11.6 Å². The fraction of sp³-hybridized carbons (Fsp3) is 0.0345. The summed E-state index contributed by atoms with van der Waals surface area (Å²) in [5.74, 6) is 0. The van der Waals surface area contributed by atoms with Crippen LogP contribution in [0.15, 0.2) is 103 Å². The number of halogens is 1. The van der Waals surface area contributed by atoms with Gasteiger partial charge < -0.3 is 0 Å². The van der Waals surface area contributed by atoms with Crippen molar-refractivity contribution in [3.8, 4) is 32.0 Å². The Bertz CT molecular complexity index is 1450. The lowest BCUT2D eigenvalue weighted by atomic mass is 9.71. The lowest BCUT2D eigenvalue weighted by Gasteiger charge is -2.29. The highest BCUT2D eigenvalue weighted by Crippen LogP contribution is 2.65.